The predicted octanol–water partition coefficient (Wildman–Crippen LogP) is 6.70. The second-order valence-corrected chi connectivity index (χ2v) is 8.17. The SMILES string of the molecule is CCOc1cc(CNc2cccc(C(=O)O)c2C)c(Br)cc1OCc1cccc(Cl)c1. The van der Waals surface area contributed by atoms with Crippen molar-refractivity contribution in [3.63, 3.8) is 0 Å². The van der Waals surface area contributed by atoms with Crippen LogP contribution in [0.4, 0.5) is 5.69 Å². The second kappa shape index (κ2) is 10.6. The topological polar surface area (TPSA) is 67.8 Å². The molecular formula is C24H23BrClNO4. The first kappa shape index (κ1) is 23.0. The number of halogens is 2. The zero-order valence-electron chi connectivity index (χ0n) is 17.2. The fraction of sp³-hybridized carbons (Fsp3) is 0.208. The molecule has 31 heavy (non-hydrogen) atoms. The van der Waals surface area contributed by atoms with Gasteiger partial charge in [-0.2, -0.15) is 0 Å². The Morgan fingerprint density at radius 2 is 1.84 bits per heavy atom. The highest BCUT2D eigenvalue weighted by atomic mass is 79.9. The molecule has 0 amide bonds. The summed E-state index contributed by atoms with van der Waals surface area (Å²) in [7, 11) is 0. The standard InChI is InChI=1S/C24H23BrClNO4/c1-3-30-22-11-17(13-27-21-9-5-8-19(15(21)2)24(28)29)20(25)12-23(22)31-14-16-6-4-7-18(26)10-16/h4-12,27H,3,13-14H2,1-2H3,(H,28,29). The van der Waals surface area contributed by atoms with Gasteiger partial charge in [0.15, 0.2) is 11.5 Å². The first-order valence-corrected chi connectivity index (χ1v) is 11.0. The number of aromatic carboxylic acids is 1. The fourth-order valence-corrected chi connectivity index (χ4v) is 3.81. The van der Waals surface area contributed by atoms with Crippen LogP contribution < -0.4 is 14.8 Å². The Balaban J connectivity index is 1.78. The normalized spacial score (nSPS) is 10.6. The average Bonchev–Trinajstić information content (AvgIpc) is 2.73. The van der Waals surface area contributed by atoms with Crippen molar-refractivity contribution in [1.29, 1.82) is 0 Å². The van der Waals surface area contributed by atoms with E-state index in [0.717, 1.165) is 21.3 Å². The minimum absolute atomic E-state index is 0.281. The first-order valence-electron chi connectivity index (χ1n) is 9.78. The number of carboxylic acids is 1. The van der Waals surface area contributed by atoms with E-state index in [1.165, 1.54) is 0 Å². The lowest BCUT2D eigenvalue weighted by atomic mass is 10.1. The Labute approximate surface area is 195 Å². The molecule has 0 spiro atoms. The van der Waals surface area contributed by atoms with Gasteiger partial charge in [0.1, 0.15) is 6.61 Å². The van der Waals surface area contributed by atoms with Gasteiger partial charge in [0.25, 0.3) is 0 Å². The van der Waals surface area contributed by atoms with Crippen LogP contribution in [0, 0.1) is 6.92 Å². The fourth-order valence-electron chi connectivity index (χ4n) is 3.13. The maximum absolute atomic E-state index is 11.4. The zero-order chi connectivity index (χ0) is 22.4. The molecule has 0 saturated carbocycles. The van der Waals surface area contributed by atoms with Crippen LogP contribution in [-0.2, 0) is 13.2 Å². The number of hydrogen-bond acceptors (Lipinski definition) is 4. The van der Waals surface area contributed by atoms with Crippen molar-refractivity contribution in [1.82, 2.24) is 0 Å². The highest BCUT2D eigenvalue weighted by molar-refractivity contribution is 9.10. The Kier molecular flexibility index (Phi) is 7.82. The van der Waals surface area contributed by atoms with Gasteiger partial charge < -0.3 is 19.9 Å². The molecule has 3 aromatic rings. The Morgan fingerprint density at radius 3 is 2.55 bits per heavy atom. The van der Waals surface area contributed by atoms with E-state index < -0.39 is 5.97 Å². The number of benzene rings is 3. The summed E-state index contributed by atoms with van der Waals surface area (Å²) in [5, 5.41) is 13.3. The smallest absolute Gasteiger partial charge is 0.336 e. The van der Waals surface area contributed by atoms with Crippen molar-refractivity contribution < 1.29 is 19.4 Å². The number of ether oxygens (including phenoxy) is 2. The molecule has 0 bridgehead atoms. The molecule has 3 rings (SSSR count). The molecule has 162 valence electrons. The van der Waals surface area contributed by atoms with Crippen LogP contribution in [0.1, 0.15) is 34.0 Å². The first-order chi connectivity index (χ1) is 14.9. The van der Waals surface area contributed by atoms with Crippen LogP contribution in [0.5, 0.6) is 11.5 Å². The van der Waals surface area contributed by atoms with E-state index in [9.17, 15) is 9.90 Å². The summed E-state index contributed by atoms with van der Waals surface area (Å²) in [5.74, 6) is 0.323. The minimum Gasteiger partial charge on any atom is -0.490 e. The van der Waals surface area contributed by atoms with Gasteiger partial charge in [-0.25, -0.2) is 4.79 Å². The van der Waals surface area contributed by atoms with Crippen molar-refractivity contribution in [2.24, 2.45) is 0 Å². The van der Waals surface area contributed by atoms with Crippen LogP contribution in [0.15, 0.2) is 59.1 Å². The number of nitrogens with one attached hydrogen (secondary N) is 1. The van der Waals surface area contributed by atoms with Gasteiger partial charge in [-0.15, -0.1) is 0 Å². The van der Waals surface area contributed by atoms with Crippen molar-refractivity contribution in [3.05, 3.63) is 86.3 Å². The highest BCUT2D eigenvalue weighted by Gasteiger charge is 2.13. The van der Waals surface area contributed by atoms with Crippen LogP contribution in [-0.4, -0.2) is 17.7 Å². The van der Waals surface area contributed by atoms with Crippen LogP contribution in [0.2, 0.25) is 5.02 Å². The summed E-state index contributed by atoms with van der Waals surface area (Å²) >= 11 is 9.66. The molecule has 0 unspecified atom stereocenters. The lowest BCUT2D eigenvalue weighted by molar-refractivity contribution is 0.0696. The largest absolute Gasteiger partial charge is 0.490 e. The molecule has 3 aromatic carbocycles. The van der Waals surface area contributed by atoms with Gasteiger partial charge >= 0.3 is 5.97 Å². The summed E-state index contributed by atoms with van der Waals surface area (Å²) < 4.78 is 12.6. The molecule has 0 heterocycles. The Morgan fingerprint density at radius 1 is 1.10 bits per heavy atom. The molecular weight excluding hydrogens is 482 g/mol. The third-order valence-corrected chi connectivity index (χ3v) is 5.70. The molecule has 5 nitrogen and oxygen atoms in total. The van der Waals surface area contributed by atoms with Crippen molar-refractivity contribution in [3.8, 4) is 11.5 Å². The lowest BCUT2D eigenvalue weighted by Gasteiger charge is -2.17. The van der Waals surface area contributed by atoms with Gasteiger partial charge in [0.2, 0.25) is 0 Å². The number of anilines is 1. The molecule has 0 aliphatic carbocycles. The summed E-state index contributed by atoms with van der Waals surface area (Å²) in [4.78, 5) is 11.4. The average molecular weight is 505 g/mol. The van der Waals surface area contributed by atoms with E-state index in [-0.39, 0.29) is 5.56 Å². The van der Waals surface area contributed by atoms with E-state index in [0.29, 0.717) is 41.8 Å². The summed E-state index contributed by atoms with van der Waals surface area (Å²) in [6, 6.07) is 16.5. The second-order valence-electron chi connectivity index (χ2n) is 6.88. The molecule has 0 aromatic heterocycles. The van der Waals surface area contributed by atoms with E-state index in [2.05, 4.69) is 21.2 Å². The van der Waals surface area contributed by atoms with Crippen molar-refractivity contribution in [2.75, 3.05) is 11.9 Å². The van der Waals surface area contributed by atoms with Crippen LogP contribution in [0.3, 0.4) is 0 Å². The maximum atomic E-state index is 11.4. The molecule has 0 aliphatic rings. The number of carbonyl (C=O) groups is 1. The van der Waals surface area contributed by atoms with Crippen LogP contribution >= 0.6 is 27.5 Å². The van der Waals surface area contributed by atoms with Gasteiger partial charge in [-0.1, -0.05) is 45.7 Å². The number of hydrogen-bond donors (Lipinski definition) is 2. The van der Waals surface area contributed by atoms with Crippen molar-refractivity contribution >= 4 is 39.2 Å². The van der Waals surface area contributed by atoms with E-state index in [1.54, 1.807) is 19.1 Å². The van der Waals surface area contributed by atoms with Gasteiger partial charge in [0, 0.05) is 21.7 Å². The van der Waals surface area contributed by atoms with E-state index in [1.807, 2.05) is 49.4 Å². The predicted molar refractivity (Wildman–Crippen MR) is 127 cm³/mol. The maximum Gasteiger partial charge on any atom is 0.336 e. The Hall–Kier alpha value is -2.70. The third kappa shape index (κ3) is 5.93. The molecule has 0 fully saturated rings. The number of carboxylic acid groups (broad SMARTS) is 1. The summed E-state index contributed by atoms with van der Waals surface area (Å²) in [5.41, 5.74) is 3.66. The highest BCUT2D eigenvalue weighted by Crippen LogP contribution is 2.35. The van der Waals surface area contributed by atoms with E-state index >= 15 is 0 Å². The molecule has 7 heteroatoms. The molecule has 0 aliphatic heterocycles. The molecule has 0 saturated heterocycles. The van der Waals surface area contributed by atoms with Crippen LogP contribution in [0.25, 0.3) is 0 Å². The monoisotopic (exact) mass is 503 g/mol. The summed E-state index contributed by atoms with van der Waals surface area (Å²) in [6.07, 6.45) is 0. The quantitative estimate of drug-likeness (QED) is 0.339. The number of rotatable bonds is 9. The van der Waals surface area contributed by atoms with Gasteiger partial charge in [0.05, 0.1) is 12.2 Å². The lowest BCUT2D eigenvalue weighted by Crippen LogP contribution is -2.07. The van der Waals surface area contributed by atoms with E-state index in [4.69, 9.17) is 21.1 Å². The molecule has 2 N–H and O–H groups in total. The summed E-state index contributed by atoms with van der Waals surface area (Å²) in [6.45, 7) is 5.06. The minimum atomic E-state index is -0.942. The van der Waals surface area contributed by atoms with Gasteiger partial charge in [-0.05, 0) is 66.9 Å². The molecule has 0 atom stereocenters. The Bertz CT molecular complexity index is 1090. The zero-order valence-corrected chi connectivity index (χ0v) is 19.6. The third-order valence-electron chi connectivity index (χ3n) is 4.73. The van der Waals surface area contributed by atoms with Gasteiger partial charge in [-0.3, -0.25) is 0 Å². The molecule has 0 radical (unpaired) electrons. The van der Waals surface area contributed by atoms with Crippen molar-refractivity contribution in [2.45, 2.75) is 27.0 Å².